The molecule has 0 bridgehead atoms. The van der Waals surface area contributed by atoms with Gasteiger partial charge < -0.3 is 0 Å². The second-order valence-electron chi connectivity index (χ2n) is 6.77. The van der Waals surface area contributed by atoms with Gasteiger partial charge in [0.05, 0.1) is 22.5 Å². The van der Waals surface area contributed by atoms with E-state index in [1.165, 1.54) is 11.6 Å². The lowest BCUT2D eigenvalue weighted by Crippen LogP contribution is -2.21. The monoisotopic (exact) mass is 372 g/mol. The molecular formula is C16H19F3N4OS. The number of aryl methyl sites for hydroxylation is 1. The summed E-state index contributed by atoms with van der Waals surface area (Å²) in [5.74, 6) is 0. The Balaban J connectivity index is 2.50. The number of thiazole rings is 1. The quantitative estimate of drug-likeness (QED) is 0.888. The zero-order valence-corrected chi connectivity index (χ0v) is 15.2. The molecule has 0 saturated carbocycles. The van der Waals surface area contributed by atoms with Crippen LogP contribution < -0.4 is 5.56 Å². The molecule has 136 valence electrons. The molecule has 9 heteroatoms. The number of nitrogens with zero attached hydrogens (tertiary/aromatic N) is 3. The largest absolute Gasteiger partial charge is 0.434 e. The van der Waals surface area contributed by atoms with Crippen molar-refractivity contribution < 1.29 is 13.2 Å². The number of aromatic amines is 1. The van der Waals surface area contributed by atoms with Crippen LogP contribution in [0.15, 0.2) is 4.79 Å². The van der Waals surface area contributed by atoms with Gasteiger partial charge in [-0.2, -0.15) is 18.4 Å². The zero-order valence-electron chi connectivity index (χ0n) is 14.4. The summed E-state index contributed by atoms with van der Waals surface area (Å²) in [5.41, 5.74) is -0.649. The number of nitriles is 1. The first-order chi connectivity index (χ1) is 11.4. The van der Waals surface area contributed by atoms with Gasteiger partial charge in [0.1, 0.15) is 0 Å². The van der Waals surface area contributed by atoms with Gasteiger partial charge in [0.15, 0.2) is 5.69 Å². The zero-order chi connectivity index (χ0) is 19.0. The van der Waals surface area contributed by atoms with Gasteiger partial charge in [-0.3, -0.25) is 9.89 Å². The molecule has 0 aliphatic rings. The predicted molar refractivity (Wildman–Crippen MR) is 88.6 cm³/mol. The van der Waals surface area contributed by atoms with Gasteiger partial charge in [0.25, 0.3) is 5.56 Å². The van der Waals surface area contributed by atoms with Crippen LogP contribution in [0.3, 0.4) is 0 Å². The molecule has 2 aromatic rings. The summed E-state index contributed by atoms with van der Waals surface area (Å²) in [5, 5.41) is 12.0. The number of halogens is 3. The van der Waals surface area contributed by atoms with Crippen LogP contribution in [0.1, 0.15) is 54.0 Å². The number of nitrogens with one attached hydrogen (secondary N) is 1. The molecule has 0 unspecified atom stereocenters. The molecule has 0 fully saturated rings. The Labute approximate surface area is 147 Å². The second kappa shape index (κ2) is 6.67. The highest BCUT2D eigenvalue weighted by atomic mass is 32.1. The van der Waals surface area contributed by atoms with Crippen molar-refractivity contribution in [2.75, 3.05) is 0 Å². The van der Waals surface area contributed by atoms with Crippen molar-refractivity contribution in [2.45, 2.75) is 58.7 Å². The van der Waals surface area contributed by atoms with Crippen LogP contribution in [0.5, 0.6) is 0 Å². The molecule has 0 atom stereocenters. The third kappa shape index (κ3) is 4.12. The highest BCUT2D eigenvalue weighted by molar-refractivity contribution is 7.11. The van der Waals surface area contributed by atoms with Crippen molar-refractivity contribution in [1.82, 2.24) is 14.8 Å². The fourth-order valence-electron chi connectivity index (χ4n) is 2.61. The van der Waals surface area contributed by atoms with Crippen molar-refractivity contribution in [1.29, 1.82) is 5.26 Å². The Hall–Kier alpha value is -2.08. The van der Waals surface area contributed by atoms with E-state index in [2.05, 4.69) is 10.1 Å². The maximum atomic E-state index is 13.1. The van der Waals surface area contributed by atoms with Crippen LogP contribution in [0.4, 0.5) is 13.2 Å². The molecule has 0 aromatic carbocycles. The summed E-state index contributed by atoms with van der Waals surface area (Å²) >= 11 is 0.922. The van der Waals surface area contributed by atoms with Gasteiger partial charge in [0.2, 0.25) is 0 Å². The second-order valence-corrected chi connectivity index (χ2v) is 8.05. The topological polar surface area (TPSA) is 74.5 Å². The highest BCUT2D eigenvalue weighted by Gasteiger charge is 2.37. The molecule has 0 spiro atoms. The van der Waals surface area contributed by atoms with Gasteiger partial charge in [-0.05, 0) is 13.3 Å². The fourth-order valence-corrected chi connectivity index (χ4v) is 3.55. The van der Waals surface area contributed by atoms with Crippen LogP contribution in [-0.2, 0) is 24.6 Å². The minimum Gasteiger partial charge on any atom is -0.299 e. The van der Waals surface area contributed by atoms with E-state index in [9.17, 15) is 18.0 Å². The first-order valence-electron chi connectivity index (χ1n) is 7.67. The fraction of sp³-hybridized carbons (Fsp3) is 0.562. The smallest absolute Gasteiger partial charge is 0.299 e. The SMILES string of the molecule is Cc1nc(C(F)(F)F)c(Cn2[nH]c(C(C)(C)C)c(CCC#N)c2=O)s1. The molecular weight excluding hydrogens is 353 g/mol. The Morgan fingerprint density at radius 3 is 2.48 bits per heavy atom. The lowest BCUT2D eigenvalue weighted by Gasteiger charge is -2.18. The van der Waals surface area contributed by atoms with Crippen LogP contribution in [0.25, 0.3) is 0 Å². The molecule has 2 rings (SSSR count). The minimum atomic E-state index is -4.56. The van der Waals surface area contributed by atoms with Crippen molar-refractivity contribution in [3.63, 3.8) is 0 Å². The molecule has 2 aromatic heterocycles. The van der Waals surface area contributed by atoms with E-state index in [4.69, 9.17) is 5.26 Å². The van der Waals surface area contributed by atoms with Gasteiger partial charge in [0, 0.05) is 23.1 Å². The van der Waals surface area contributed by atoms with E-state index in [0.29, 0.717) is 16.3 Å². The summed E-state index contributed by atoms with van der Waals surface area (Å²) < 4.78 is 40.5. The third-order valence-electron chi connectivity index (χ3n) is 3.66. The average Bonchev–Trinajstić information content (AvgIpc) is 2.98. The van der Waals surface area contributed by atoms with Crippen molar-refractivity contribution in [3.8, 4) is 6.07 Å². The van der Waals surface area contributed by atoms with Crippen LogP contribution in [0.2, 0.25) is 0 Å². The van der Waals surface area contributed by atoms with Crippen molar-refractivity contribution >= 4 is 11.3 Å². The molecule has 0 aliphatic heterocycles. The first kappa shape index (κ1) is 19.2. The summed E-state index contributed by atoms with van der Waals surface area (Å²) in [7, 11) is 0. The highest BCUT2D eigenvalue weighted by Crippen LogP contribution is 2.34. The maximum absolute atomic E-state index is 13.1. The number of H-pyrrole nitrogens is 1. The third-order valence-corrected chi connectivity index (χ3v) is 4.62. The van der Waals surface area contributed by atoms with Crippen molar-refractivity contribution in [3.05, 3.63) is 37.2 Å². The molecule has 0 saturated heterocycles. The summed E-state index contributed by atoms with van der Waals surface area (Å²) in [6, 6.07) is 1.99. The van der Waals surface area contributed by atoms with Crippen LogP contribution in [0, 0.1) is 18.3 Å². The summed E-state index contributed by atoms with van der Waals surface area (Å²) in [6.45, 7) is 6.97. The van der Waals surface area contributed by atoms with Crippen LogP contribution in [-0.4, -0.2) is 14.8 Å². The van der Waals surface area contributed by atoms with E-state index in [1.807, 2.05) is 26.8 Å². The number of alkyl halides is 3. The van der Waals surface area contributed by atoms with Gasteiger partial charge >= 0.3 is 6.18 Å². The number of hydrogen-bond acceptors (Lipinski definition) is 4. The number of rotatable bonds is 4. The number of aromatic nitrogens is 3. The Bertz CT molecular complexity index is 862. The Kier molecular flexibility index (Phi) is 5.14. The van der Waals surface area contributed by atoms with Crippen molar-refractivity contribution in [2.24, 2.45) is 0 Å². The average molecular weight is 372 g/mol. The lowest BCUT2D eigenvalue weighted by molar-refractivity contribution is -0.141. The van der Waals surface area contributed by atoms with Crippen LogP contribution >= 0.6 is 11.3 Å². The van der Waals surface area contributed by atoms with E-state index < -0.39 is 17.3 Å². The number of hydrogen-bond donors (Lipinski definition) is 1. The van der Waals surface area contributed by atoms with E-state index in [0.717, 1.165) is 11.3 Å². The lowest BCUT2D eigenvalue weighted by atomic mass is 9.88. The molecule has 2 heterocycles. The Morgan fingerprint density at radius 2 is 1.96 bits per heavy atom. The molecule has 0 radical (unpaired) electrons. The molecule has 5 nitrogen and oxygen atoms in total. The summed E-state index contributed by atoms with van der Waals surface area (Å²) in [4.78, 5) is 16.2. The summed E-state index contributed by atoms with van der Waals surface area (Å²) in [6.07, 6.45) is -4.13. The van der Waals surface area contributed by atoms with Gasteiger partial charge in [-0.1, -0.05) is 20.8 Å². The van der Waals surface area contributed by atoms with Gasteiger partial charge in [-0.15, -0.1) is 11.3 Å². The molecule has 25 heavy (non-hydrogen) atoms. The van der Waals surface area contributed by atoms with E-state index >= 15 is 0 Å². The normalized spacial score (nSPS) is 12.4. The van der Waals surface area contributed by atoms with E-state index in [1.54, 1.807) is 0 Å². The maximum Gasteiger partial charge on any atom is 0.434 e. The minimum absolute atomic E-state index is 0.0133. The molecule has 1 N–H and O–H groups in total. The van der Waals surface area contributed by atoms with E-state index in [-0.39, 0.29) is 29.8 Å². The molecule has 0 amide bonds. The van der Waals surface area contributed by atoms with Gasteiger partial charge in [-0.25, -0.2) is 9.67 Å². The Morgan fingerprint density at radius 1 is 1.32 bits per heavy atom. The molecule has 0 aliphatic carbocycles. The standard InChI is InChI=1S/C16H19F3N4OS/c1-9-21-13(16(17,18)19)11(25-9)8-23-14(24)10(6-5-7-20)12(22-23)15(2,3)4/h22H,5-6,8H2,1-4H3. The predicted octanol–water partition coefficient (Wildman–Crippen LogP) is 3.76. The first-order valence-corrected chi connectivity index (χ1v) is 8.49.